The van der Waals surface area contributed by atoms with Gasteiger partial charge in [-0.3, -0.25) is 9.59 Å². The Morgan fingerprint density at radius 1 is 1.13 bits per heavy atom. The quantitative estimate of drug-likeness (QED) is 0.628. The molecule has 6 nitrogen and oxygen atoms in total. The lowest BCUT2D eigenvalue weighted by Crippen LogP contribution is -2.32. The Hall–Kier alpha value is -2.93. The van der Waals surface area contributed by atoms with Crippen molar-refractivity contribution in [2.75, 3.05) is 0 Å². The molecule has 2 aromatic rings. The van der Waals surface area contributed by atoms with E-state index in [1.165, 1.54) is 18.2 Å². The number of aliphatic carboxylic acids is 1. The predicted molar refractivity (Wildman–Crippen MR) is 81.0 cm³/mol. The second-order valence-electron chi connectivity index (χ2n) is 4.93. The van der Waals surface area contributed by atoms with Gasteiger partial charge in [-0.25, -0.2) is 4.39 Å². The standard InChI is InChI=1S/C16H13FN2O4/c17-12-8-11(5-6-14(12)19-23)15(20)10-3-1-9(2-4-10)7-13(18)16(21)22/h1-6,8,13H,7,18H2,(H,21,22). The van der Waals surface area contributed by atoms with Gasteiger partial charge in [0, 0.05) is 11.1 Å². The number of hydrogen-bond acceptors (Lipinski definition) is 5. The number of ketones is 1. The maximum Gasteiger partial charge on any atom is 0.320 e. The molecule has 0 radical (unpaired) electrons. The Balaban J connectivity index is 2.18. The molecular formula is C16H13FN2O4. The van der Waals surface area contributed by atoms with Crippen molar-refractivity contribution in [3.8, 4) is 0 Å². The van der Waals surface area contributed by atoms with Gasteiger partial charge in [0.1, 0.15) is 11.7 Å². The van der Waals surface area contributed by atoms with Crippen LogP contribution in [0, 0.1) is 10.7 Å². The molecule has 1 unspecified atom stereocenters. The molecule has 0 aromatic heterocycles. The lowest BCUT2D eigenvalue weighted by Gasteiger charge is -2.07. The van der Waals surface area contributed by atoms with Gasteiger partial charge in [-0.1, -0.05) is 24.3 Å². The number of carbonyl (C=O) groups is 2. The maximum absolute atomic E-state index is 13.5. The average Bonchev–Trinajstić information content (AvgIpc) is 2.54. The molecule has 0 aliphatic carbocycles. The smallest absolute Gasteiger partial charge is 0.320 e. The number of carboxylic acids is 1. The number of carbonyl (C=O) groups excluding carboxylic acids is 1. The molecule has 0 saturated heterocycles. The second-order valence-corrected chi connectivity index (χ2v) is 4.93. The molecule has 3 N–H and O–H groups in total. The summed E-state index contributed by atoms with van der Waals surface area (Å²) in [6, 6.07) is 8.58. The summed E-state index contributed by atoms with van der Waals surface area (Å²) in [5.41, 5.74) is 6.14. The summed E-state index contributed by atoms with van der Waals surface area (Å²) in [6.07, 6.45) is 0.137. The average molecular weight is 316 g/mol. The van der Waals surface area contributed by atoms with Crippen LogP contribution in [0.15, 0.2) is 47.6 Å². The van der Waals surface area contributed by atoms with Crippen LogP contribution in [0.2, 0.25) is 0 Å². The number of halogens is 1. The van der Waals surface area contributed by atoms with Crippen molar-refractivity contribution in [2.45, 2.75) is 12.5 Å². The minimum atomic E-state index is -1.11. The Labute approximate surface area is 130 Å². The van der Waals surface area contributed by atoms with E-state index in [-0.39, 0.29) is 17.7 Å². The zero-order valence-electron chi connectivity index (χ0n) is 11.9. The molecule has 23 heavy (non-hydrogen) atoms. The highest BCUT2D eigenvalue weighted by Gasteiger charge is 2.14. The van der Waals surface area contributed by atoms with Gasteiger partial charge < -0.3 is 10.8 Å². The van der Waals surface area contributed by atoms with Crippen LogP contribution in [0.1, 0.15) is 21.5 Å². The van der Waals surface area contributed by atoms with Gasteiger partial charge in [-0.15, -0.1) is 4.91 Å². The molecule has 0 bridgehead atoms. The molecule has 2 aromatic carbocycles. The van der Waals surface area contributed by atoms with Gasteiger partial charge in [-0.05, 0) is 35.4 Å². The molecule has 0 aliphatic heterocycles. The minimum Gasteiger partial charge on any atom is -0.480 e. The molecule has 7 heteroatoms. The van der Waals surface area contributed by atoms with Crippen LogP contribution in [0.5, 0.6) is 0 Å². The second kappa shape index (κ2) is 6.89. The van der Waals surface area contributed by atoms with Crippen LogP contribution in [0.3, 0.4) is 0 Å². The molecule has 118 valence electrons. The summed E-state index contributed by atoms with van der Waals surface area (Å²) >= 11 is 0. The van der Waals surface area contributed by atoms with E-state index in [0.29, 0.717) is 11.1 Å². The fourth-order valence-corrected chi connectivity index (χ4v) is 2.02. The lowest BCUT2D eigenvalue weighted by molar-refractivity contribution is -0.138. The Bertz CT molecular complexity index is 759. The molecule has 0 aliphatic rings. The summed E-state index contributed by atoms with van der Waals surface area (Å²) < 4.78 is 13.5. The van der Waals surface area contributed by atoms with Crippen LogP contribution in [-0.4, -0.2) is 22.9 Å². The van der Waals surface area contributed by atoms with Crippen molar-refractivity contribution in [1.29, 1.82) is 0 Å². The molecule has 0 heterocycles. The van der Waals surface area contributed by atoms with Gasteiger partial charge in [-0.2, -0.15) is 0 Å². The summed E-state index contributed by atoms with van der Waals surface area (Å²) in [4.78, 5) is 33.3. The van der Waals surface area contributed by atoms with Crippen molar-refractivity contribution < 1.29 is 19.1 Å². The summed E-state index contributed by atoms with van der Waals surface area (Å²) in [5.74, 6) is -2.39. The molecule has 0 saturated carbocycles. The number of nitrogens with two attached hydrogens (primary N) is 1. The summed E-state index contributed by atoms with van der Waals surface area (Å²) in [5, 5.41) is 11.3. The van der Waals surface area contributed by atoms with Gasteiger partial charge >= 0.3 is 5.97 Å². The summed E-state index contributed by atoms with van der Waals surface area (Å²) in [7, 11) is 0. The highest BCUT2D eigenvalue weighted by molar-refractivity contribution is 6.09. The maximum atomic E-state index is 13.5. The zero-order valence-corrected chi connectivity index (χ0v) is 11.9. The number of rotatable bonds is 6. The van der Waals surface area contributed by atoms with E-state index in [1.807, 2.05) is 0 Å². The highest BCUT2D eigenvalue weighted by atomic mass is 19.1. The van der Waals surface area contributed by atoms with Crippen molar-refractivity contribution in [3.63, 3.8) is 0 Å². The van der Waals surface area contributed by atoms with Crippen LogP contribution in [0.25, 0.3) is 0 Å². The fourth-order valence-electron chi connectivity index (χ4n) is 2.02. The number of hydrogen-bond donors (Lipinski definition) is 2. The van der Waals surface area contributed by atoms with Gasteiger partial charge in [0.15, 0.2) is 11.6 Å². The van der Waals surface area contributed by atoms with Crippen LogP contribution in [0.4, 0.5) is 10.1 Å². The molecule has 0 amide bonds. The van der Waals surface area contributed by atoms with Gasteiger partial charge in [0.2, 0.25) is 0 Å². The van der Waals surface area contributed by atoms with Crippen molar-refractivity contribution in [3.05, 3.63) is 69.9 Å². The van der Waals surface area contributed by atoms with Crippen molar-refractivity contribution in [1.82, 2.24) is 0 Å². The van der Waals surface area contributed by atoms with E-state index >= 15 is 0 Å². The Kier molecular flexibility index (Phi) is 4.92. The van der Waals surface area contributed by atoms with Crippen LogP contribution < -0.4 is 5.73 Å². The van der Waals surface area contributed by atoms with E-state index < -0.39 is 23.6 Å². The third-order valence-electron chi connectivity index (χ3n) is 3.30. The lowest BCUT2D eigenvalue weighted by atomic mass is 9.99. The first-order valence-electron chi connectivity index (χ1n) is 6.67. The normalized spacial score (nSPS) is 11.7. The molecule has 2 rings (SSSR count). The van der Waals surface area contributed by atoms with E-state index in [0.717, 1.165) is 12.1 Å². The molecular weight excluding hydrogens is 303 g/mol. The first-order chi connectivity index (χ1) is 10.9. The fraction of sp³-hybridized carbons (Fsp3) is 0.125. The highest BCUT2D eigenvalue weighted by Crippen LogP contribution is 2.20. The predicted octanol–water partition coefficient (Wildman–Crippen LogP) is 2.41. The first kappa shape index (κ1) is 16.4. The van der Waals surface area contributed by atoms with Crippen molar-refractivity contribution >= 4 is 17.4 Å². The van der Waals surface area contributed by atoms with E-state index in [1.54, 1.807) is 12.1 Å². The number of nitrogens with zero attached hydrogens (tertiary/aromatic N) is 1. The Morgan fingerprint density at radius 3 is 2.26 bits per heavy atom. The Morgan fingerprint density at radius 2 is 1.74 bits per heavy atom. The van der Waals surface area contributed by atoms with Crippen LogP contribution >= 0.6 is 0 Å². The summed E-state index contributed by atoms with van der Waals surface area (Å²) in [6.45, 7) is 0. The number of benzene rings is 2. The molecule has 1 atom stereocenters. The first-order valence-corrected chi connectivity index (χ1v) is 6.67. The molecule has 0 spiro atoms. The minimum absolute atomic E-state index is 0.0879. The van der Waals surface area contributed by atoms with Gasteiger partial charge in [0.25, 0.3) is 0 Å². The third-order valence-corrected chi connectivity index (χ3v) is 3.30. The van der Waals surface area contributed by atoms with E-state index in [2.05, 4.69) is 5.18 Å². The molecule has 0 fully saturated rings. The van der Waals surface area contributed by atoms with Crippen molar-refractivity contribution in [2.24, 2.45) is 10.9 Å². The van der Waals surface area contributed by atoms with Gasteiger partial charge in [0.05, 0.1) is 0 Å². The van der Waals surface area contributed by atoms with Crippen LogP contribution in [-0.2, 0) is 11.2 Å². The van der Waals surface area contributed by atoms with E-state index in [4.69, 9.17) is 10.8 Å². The van der Waals surface area contributed by atoms with E-state index in [9.17, 15) is 18.9 Å². The number of nitroso groups, excluding NO2 is 1. The zero-order chi connectivity index (χ0) is 17.0. The third kappa shape index (κ3) is 3.83. The monoisotopic (exact) mass is 316 g/mol. The SMILES string of the molecule is NC(Cc1ccc(C(=O)c2ccc(N=O)c(F)c2)cc1)C(=O)O. The number of carboxylic acid groups (broad SMARTS) is 1. The topological polar surface area (TPSA) is 110 Å². The largest absolute Gasteiger partial charge is 0.480 e.